The highest BCUT2D eigenvalue weighted by atomic mass is 19.1. The molecule has 2 N–H and O–H groups in total. The lowest BCUT2D eigenvalue weighted by atomic mass is 10.1. The van der Waals surface area contributed by atoms with Crippen molar-refractivity contribution in [1.29, 1.82) is 0 Å². The van der Waals surface area contributed by atoms with Gasteiger partial charge in [0, 0.05) is 6.08 Å². The minimum atomic E-state index is -1.26. The second-order valence-electron chi connectivity index (χ2n) is 4.93. The molecular weight excluding hydrogens is 329 g/mol. The SMILES string of the molecule is COc1ccc(C=CC(=O)Nc2cc(F)ccc2C(=O)O)cc1OC. The van der Waals surface area contributed by atoms with Gasteiger partial charge < -0.3 is 19.9 Å². The van der Waals surface area contributed by atoms with E-state index in [4.69, 9.17) is 14.6 Å². The number of aromatic carboxylic acids is 1. The van der Waals surface area contributed by atoms with Gasteiger partial charge in [0.2, 0.25) is 5.91 Å². The van der Waals surface area contributed by atoms with Crippen molar-refractivity contribution in [3.63, 3.8) is 0 Å². The Hall–Kier alpha value is -3.35. The third-order valence-corrected chi connectivity index (χ3v) is 3.30. The summed E-state index contributed by atoms with van der Waals surface area (Å²) in [6, 6.07) is 8.13. The fourth-order valence-electron chi connectivity index (χ4n) is 2.11. The molecule has 0 aliphatic rings. The Morgan fingerprint density at radius 2 is 1.80 bits per heavy atom. The van der Waals surface area contributed by atoms with Crippen molar-refractivity contribution in [3.05, 3.63) is 59.4 Å². The number of hydrogen-bond donors (Lipinski definition) is 2. The highest BCUT2D eigenvalue weighted by Crippen LogP contribution is 2.28. The summed E-state index contributed by atoms with van der Waals surface area (Å²) >= 11 is 0. The van der Waals surface area contributed by atoms with E-state index in [0.29, 0.717) is 17.1 Å². The van der Waals surface area contributed by atoms with Crippen LogP contribution in [0.25, 0.3) is 6.08 Å². The fourth-order valence-corrected chi connectivity index (χ4v) is 2.11. The number of ether oxygens (including phenoxy) is 2. The fraction of sp³-hybridized carbons (Fsp3) is 0.111. The Kier molecular flexibility index (Phi) is 5.73. The second-order valence-corrected chi connectivity index (χ2v) is 4.93. The predicted octanol–water partition coefficient (Wildman–Crippen LogP) is 3.19. The van der Waals surface area contributed by atoms with Crippen molar-refractivity contribution in [2.45, 2.75) is 0 Å². The van der Waals surface area contributed by atoms with Crippen molar-refractivity contribution >= 4 is 23.6 Å². The van der Waals surface area contributed by atoms with Gasteiger partial charge in [-0.15, -0.1) is 0 Å². The lowest BCUT2D eigenvalue weighted by Gasteiger charge is -2.08. The number of amides is 1. The predicted molar refractivity (Wildman–Crippen MR) is 90.6 cm³/mol. The minimum Gasteiger partial charge on any atom is -0.493 e. The lowest BCUT2D eigenvalue weighted by Crippen LogP contribution is -2.12. The quantitative estimate of drug-likeness (QED) is 0.786. The van der Waals surface area contributed by atoms with Crippen molar-refractivity contribution in [2.75, 3.05) is 19.5 Å². The van der Waals surface area contributed by atoms with Gasteiger partial charge in [-0.1, -0.05) is 6.07 Å². The Bertz CT molecular complexity index is 832. The van der Waals surface area contributed by atoms with Crippen LogP contribution in [0.1, 0.15) is 15.9 Å². The van der Waals surface area contributed by atoms with Gasteiger partial charge in [0.1, 0.15) is 5.82 Å². The molecule has 0 heterocycles. The normalized spacial score (nSPS) is 10.5. The molecule has 7 heteroatoms. The summed E-state index contributed by atoms with van der Waals surface area (Å²) in [6.45, 7) is 0. The smallest absolute Gasteiger partial charge is 0.337 e. The van der Waals surface area contributed by atoms with Gasteiger partial charge in [0.05, 0.1) is 25.5 Å². The van der Waals surface area contributed by atoms with E-state index in [1.54, 1.807) is 18.2 Å². The van der Waals surface area contributed by atoms with Gasteiger partial charge in [-0.3, -0.25) is 4.79 Å². The minimum absolute atomic E-state index is 0.116. The van der Waals surface area contributed by atoms with Crippen LogP contribution < -0.4 is 14.8 Å². The number of carboxylic acids is 1. The molecule has 0 bridgehead atoms. The Labute approximate surface area is 143 Å². The second kappa shape index (κ2) is 7.96. The van der Waals surface area contributed by atoms with Crippen LogP contribution in [-0.2, 0) is 4.79 Å². The molecule has 0 radical (unpaired) electrons. The van der Waals surface area contributed by atoms with Crippen LogP contribution in [0.4, 0.5) is 10.1 Å². The van der Waals surface area contributed by atoms with Crippen LogP contribution in [0.15, 0.2) is 42.5 Å². The first-order valence-corrected chi connectivity index (χ1v) is 7.18. The van der Waals surface area contributed by atoms with Gasteiger partial charge in [-0.25, -0.2) is 9.18 Å². The number of hydrogen-bond acceptors (Lipinski definition) is 4. The van der Waals surface area contributed by atoms with Crippen molar-refractivity contribution in [3.8, 4) is 11.5 Å². The first-order valence-electron chi connectivity index (χ1n) is 7.18. The van der Waals surface area contributed by atoms with E-state index >= 15 is 0 Å². The Morgan fingerprint density at radius 3 is 2.44 bits per heavy atom. The molecule has 0 saturated heterocycles. The molecule has 25 heavy (non-hydrogen) atoms. The topological polar surface area (TPSA) is 84.9 Å². The average molecular weight is 345 g/mol. The molecule has 0 aliphatic carbocycles. The van der Waals surface area contributed by atoms with Crippen molar-refractivity contribution in [1.82, 2.24) is 0 Å². The zero-order chi connectivity index (χ0) is 18.4. The summed E-state index contributed by atoms with van der Waals surface area (Å²) in [5.74, 6) is -1.45. The van der Waals surface area contributed by atoms with E-state index < -0.39 is 17.7 Å². The highest BCUT2D eigenvalue weighted by molar-refractivity contribution is 6.06. The first-order chi connectivity index (χ1) is 11.9. The molecule has 2 aromatic carbocycles. The monoisotopic (exact) mass is 345 g/mol. The highest BCUT2D eigenvalue weighted by Gasteiger charge is 2.12. The van der Waals surface area contributed by atoms with Crippen LogP contribution in [0, 0.1) is 5.82 Å². The van der Waals surface area contributed by atoms with Crippen LogP contribution in [0.2, 0.25) is 0 Å². The van der Waals surface area contributed by atoms with Gasteiger partial charge in [-0.2, -0.15) is 0 Å². The van der Waals surface area contributed by atoms with E-state index in [1.807, 2.05) is 0 Å². The maximum Gasteiger partial charge on any atom is 0.337 e. The maximum atomic E-state index is 13.3. The van der Waals surface area contributed by atoms with Crippen molar-refractivity contribution < 1.29 is 28.6 Å². The maximum absolute atomic E-state index is 13.3. The Balaban J connectivity index is 2.17. The van der Waals surface area contributed by atoms with Crippen LogP contribution in [0.5, 0.6) is 11.5 Å². The number of halogens is 1. The van der Waals surface area contributed by atoms with E-state index in [1.165, 1.54) is 26.4 Å². The summed E-state index contributed by atoms with van der Waals surface area (Å²) in [7, 11) is 3.01. The van der Waals surface area contributed by atoms with Crippen LogP contribution in [-0.4, -0.2) is 31.2 Å². The molecule has 0 atom stereocenters. The zero-order valence-electron chi connectivity index (χ0n) is 13.6. The molecule has 1 amide bonds. The number of carbonyl (C=O) groups excluding carboxylic acids is 1. The number of methoxy groups -OCH3 is 2. The van der Waals surface area contributed by atoms with Gasteiger partial charge >= 0.3 is 5.97 Å². The summed E-state index contributed by atoms with van der Waals surface area (Å²) in [5, 5.41) is 11.4. The molecule has 2 rings (SSSR count). The number of nitrogens with one attached hydrogen (secondary N) is 1. The molecule has 6 nitrogen and oxygen atoms in total. The van der Waals surface area contributed by atoms with E-state index in [9.17, 15) is 14.0 Å². The molecule has 0 saturated carbocycles. The molecule has 130 valence electrons. The standard InChI is InChI=1S/C18H16FNO5/c1-24-15-7-3-11(9-16(15)25-2)4-8-17(21)20-14-10-12(19)5-6-13(14)18(22)23/h3-10H,1-2H3,(H,20,21)(H,22,23). The number of benzene rings is 2. The average Bonchev–Trinajstić information content (AvgIpc) is 2.59. The van der Waals surface area contributed by atoms with Gasteiger partial charge in [0.15, 0.2) is 11.5 Å². The summed E-state index contributed by atoms with van der Waals surface area (Å²) in [4.78, 5) is 23.1. The van der Waals surface area contributed by atoms with Crippen LogP contribution in [0.3, 0.4) is 0 Å². The molecule has 0 aliphatic heterocycles. The third kappa shape index (κ3) is 4.57. The summed E-state index contributed by atoms with van der Waals surface area (Å²) in [6.07, 6.45) is 2.72. The molecule has 0 fully saturated rings. The van der Waals surface area contributed by atoms with Gasteiger partial charge in [0.25, 0.3) is 0 Å². The van der Waals surface area contributed by atoms with Gasteiger partial charge in [-0.05, 0) is 42.0 Å². The van der Waals surface area contributed by atoms with E-state index in [-0.39, 0.29) is 11.3 Å². The van der Waals surface area contributed by atoms with E-state index in [2.05, 4.69) is 5.32 Å². The Morgan fingerprint density at radius 1 is 1.08 bits per heavy atom. The van der Waals surface area contributed by atoms with E-state index in [0.717, 1.165) is 18.2 Å². The zero-order valence-corrected chi connectivity index (χ0v) is 13.6. The number of anilines is 1. The molecular formula is C18H16FNO5. The largest absolute Gasteiger partial charge is 0.493 e. The first kappa shape index (κ1) is 18.0. The number of carboxylic acid groups (broad SMARTS) is 1. The lowest BCUT2D eigenvalue weighted by molar-refractivity contribution is -0.111. The molecule has 2 aromatic rings. The van der Waals surface area contributed by atoms with Crippen molar-refractivity contribution in [2.24, 2.45) is 0 Å². The molecule has 0 spiro atoms. The molecule has 0 unspecified atom stereocenters. The third-order valence-electron chi connectivity index (χ3n) is 3.30. The summed E-state index contributed by atoms with van der Waals surface area (Å²) < 4.78 is 23.6. The summed E-state index contributed by atoms with van der Waals surface area (Å²) in [5.41, 5.74) is 0.356. The molecule has 0 aromatic heterocycles. The number of carbonyl (C=O) groups is 2. The van der Waals surface area contributed by atoms with Crippen LogP contribution >= 0.6 is 0 Å². The number of rotatable bonds is 6.